The highest BCUT2D eigenvalue weighted by Gasteiger charge is 2.25. The largest absolute Gasteiger partial charge is 0.494 e. The number of methoxy groups -OCH3 is 1. The Labute approximate surface area is 181 Å². The van der Waals surface area contributed by atoms with E-state index < -0.39 is 0 Å². The zero-order valence-electron chi connectivity index (χ0n) is 18.2. The molecule has 2 aromatic heterocycles. The van der Waals surface area contributed by atoms with E-state index in [9.17, 15) is 9.18 Å². The van der Waals surface area contributed by atoms with Crippen molar-refractivity contribution in [1.29, 1.82) is 0 Å². The Morgan fingerprint density at radius 1 is 1.10 bits per heavy atom. The first kappa shape index (κ1) is 21.2. The Morgan fingerprint density at radius 3 is 2.52 bits per heavy atom. The molecule has 1 aliphatic rings. The Bertz CT molecular complexity index is 1050. The fourth-order valence-electron chi connectivity index (χ4n) is 4.17. The molecule has 0 bridgehead atoms. The van der Waals surface area contributed by atoms with Gasteiger partial charge in [0, 0.05) is 44.1 Å². The number of hydrogen-bond acceptors (Lipinski definition) is 4. The summed E-state index contributed by atoms with van der Waals surface area (Å²) >= 11 is 0. The van der Waals surface area contributed by atoms with Crippen LogP contribution in [0.3, 0.4) is 0 Å². The minimum atomic E-state index is -0.348. The molecule has 0 N–H and O–H groups in total. The molecule has 1 amide bonds. The average molecular weight is 426 g/mol. The first-order valence-corrected chi connectivity index (χ1v) is 10.5. The van der Waals surface area contributed by atoms with E-state index in [0.717, 1.165) is 41.4 Å². The number of aromatic nitrogens is 1. The summed E-state index contributed by atoms with van der Waals surface area (Å²) in [6.45, 7) is 8.08. The lowest BCUT2D eigenvalue weighted by atomic mass is 10.1. The van der Waals surface area contributed by atoms with Crippen molar-refractivity contribution in [2.45, 2.75) is 26.9 Å². The van der Waals surface area contributed by atoms with Crippen LogP contribution in [0.25, 0.3) is 0 Å². The van der Waals surface area contributed by atoms with E-state index in [1.807, 2.05) is 43.0 Å². The van der Waals surface area contributed by atoms with Gasteiger partial charge in [0.05, 0.1) is 25.5 Å². The molecule has 3 heterocycles. The van der Waals surface area contributed by atoms with Gasteiger partial charge in [0.2, 0.25) is 0 Å². The molecule has 0 radical (unpaired) electrons. The number of aryl methyl sites for hydroxylation is 1. The van der Waals surface area contributed by atoms with Gasteiger partial charge in [0.15, 0.2) is 11.6 Å². The monoisotopic (exact) mass is 425 g/mol. The minimum Gasteiger partial charge on any atom is -0.494 e. The SMILES string of the molecule is COc1ccc(CN2CCN(C(=O)c3cc(C)n(Cc4ccco4)c3C)CC2)cc1F. The molecule has 0 spiro atoms. The summed E-state index contributed by atoms with van der Waals surface area (Å²) in [6.07, 6.45) is 1.66. The second kappa shape index (κ2) is 8.98. The van der Waals surface area contributed by atoms with Gasteiger partial charge in [-0.15, -0.1) is 0 Å². The summed E-state index contributed by atoms with van der Waals surface area (Å²) in [5.74, 6) is 0.834. The highest BCUT2D eigenvalue weighted by molar-refractivity contribution is 5.95. The van der Waals surface area contributed by atoms with Crippen molar-refractivity contribution in [3.8, 4) is 5.75 Å². The molecule has 3 aromatic rings. The molecule has 7 heteroatoms. The number of benzene rings is 1. The molecular formula is C24H28FN3O3. The van der Waals surface area contributed by atoms with Crippen LogP contribution in [-0.2, 0) is 13.1 Å². The Balaban J connectivity index is 1.38. The molecule has 0 atom stereocenters. The predicted molar refractivity (Wildman–Crippen MR) is 116 cm³/mol. The summed E-state index contributed by atoms with van der Waals surface area (Å²) in [6, 6.07) is 10.8. The van der Waals surface area contributed by atoms with Gasteiger partial charge in [0.1, 0.15) is 5.76 Å². The lowest BCUT2D eigenvalue weighted by Gasteiger charge is -2.34. The van der Waals surface area contributed by atoms with Gasteiger partial charge in [-0.2, -0.15) is 0 Å². The summed E-state index contributed by atoms with van der Waals surface area (Å²) in [4.78, 5) is 17.3. The first-order valence-electron chi connectivity index (χ1n) is 10.5. The lowest BCUT2D eigenvalue weighted by Crippen LogP contribution is -2.48. The number of carbonyl (C=O) groups is 1. The van der Waals surface area contributed by atoms with Gasteiger partial charge in [-0.1, -0.05) is 6.07 Å². The van der Waals surface area contributed by atoms with Crippen LogP contribution in [0, 0.1) is 19.7 Å². The van der Waals surface area contributed by atoms with Gasteiger partial charge in [-0.25, -0.2) is 4.39 Å². The van der Waals surface area contributed by atoms with Crippen LogP contribution in [0.15, 0.2) is 47.1 Å². The summed E-state index contributed by atoms with van der Waals surface area (Å²) in [5.41, 5.74) is 3.64. The Hall–Kier alpha value is -3.06. The van der Waals surface area contributed by atoms with E-state index in [-0.39, 0.29) is 17.5 Å². The molecule has 31 heavy (non-hydrogen) atoms. The third-order valence-corrected chi connectivity index (χ3v) is 5.98. The van der Waals surface area contributed by atoms with Crippen LogP contribution >= 0.6 is 0 Å². The van der Waals surface area contributed by atoms with Crippen molar-refractivity contribution in [2.24, 2.45) is 0 Å². The van der Waals surface area contributed by atoms with E-state index in [1.165, 1.54) is 13.2 Å². The summed E-state index contributed by atoms with van der Waals surface area (Å²) in [5, 5.41) is 0. The van der Waals surface area contributed by atoms with Gasteiger partial charge in [-0.05, 0) is 49.7 Å². The number of piperazine rings is 1. The number of furan rings is 1. The standard InChI is InChI=1S/C24H28FN3O3/c1-17-13-21(18(2)28(17)16-20-5-4-12-31-20)24(29)27-10-8-26(9-11-27)15-19-6-7-23(30-3)22(25)14-19/h4-7,12-14H,8-11,15-16H2,1-3H3. The molecule has 0 aliphatic carbocycles. The number of halogens is 1. The summed E-state index contributed by atoms with van der Waals surface area (Å²) in [7, 11) is 1.46. The van der Waals surface area contributed by atoms with Crippen LogP contribution in [0.4, 0.5) is 4.39 Å². The number of hydrogen-bond donors (Lipinski definition) is 0. The van der Waals surface area contributed by atoms with Crippen molar-refractivity contribution in [1.82, 2.24) is 14.4 Å². The maximum Gasteiger partial charge on any atom is 0.255 e. The van der Waals surface area contributed by atoms with Crippen molar-refractivity contribution >= 4 is 5.91 Å². The lowest BCUT2D eigenvalue weighted by molar-refractivity contribution is 0.0627. The van der Waals surface area contributed by atoms with Gasteiger partial charge in [0.25, 0.3) is 5.91 Å². The van der Waals surface area contributed by atoms with Crippen LogP contribution in [0.1, 0.15) is 33.1 Å². The quantitative estimate of drug-likeness (QED) is 0.602. The topological polar surface area (TPSA) is 50.9 Å². The summed E-state index contributed by atoms with van der Waals surface area (Å²) < 4.78 is 26.5. The van der Waals surface area contributed by atoms with Crippen LogP contribution < -0.4 is 4.74 Å². The van der Waals surface area contributed by atoms with E-state index >= 15 is 0 Å². The number of carbonyl (C=O) groups excluding carboxylic acids is 1. The average Bonchev–Trinajstić information content (AvgIpc) is 3.38. The van der Waals surface area contributed by atoms with Crippen molar-refractivity contribution in [3.05, 3.63) is 76.8 Å². The zero-order chi connectivity index (χ0) is 22.0. The van der Waals surface area contributed by atoms with Crippen molar-refractivity contribution in [2.75, 3.05) is 33.3 Å². The number of nitrogens with zero attached hydrogens (tertiary/aromatic N) is 3. The third-order valence-electron chi connectivity index (χ3n) is 5.98. The van der Waals surface area contributed by atoms with Crippen LogP contribution in [-0.4, -0.2) is 53.6 Å². The Morgan fingerprint density at radius 2 is 1.87 bits per heavy atom. The zero-order valence-corrected chi connectivity index (χ0v) is 18.2. The molecule has 164 valence electrons. The molecule has 4 rings (SSSR count). The van der Waals surface area contributed by atoms with Crippen molar-refractivity contribution in [3.63, 3.8) is 0 Å². The second-order valence-electron chi connectivity index (χ2n) is 7.99. The molecular weight excluding hydrogens is 397 g/mol. The van der Waals surface area contributed by atoms with Crippen LogP contribution in [0.2, 0.25) is 0 Å². The maximum atomic E-state index is 13.9. The molecule has 1 aromatic carbocycles. The number of rotatable bonds is 6. The van der Waals surface area contributed by atoms with Gasteiger partial charge >= 0.3 is 0 Å². The molecule has 1 saturated heterocycles. The fourth-order valence-corrected chi connectivity index (χ4v) is 4.17. The van der Waals surface area contributed by atoms with E-state index in [4.69, 9.17) is 9.15 Å². The number of ether oxygens (including phenoxy) is 1. The van der Waals surface area contributed by atoms with E-state index in [2.05, 4.69) is 9.47 Å². The number of amides is 1. The third kappa shape index (κ3) is 4.51. The smallest absolute Gasteiger partial charge is 0.255 e. The molecule has 0 unspecified atom stereocenters. The fraction of sp³-hybridized carbons (Fsp3) is 0.375. The highest BCUT2D eigenvalue weighted by atomic mass is 19.1. The van der Waals surface area contributed by atoms with Crippen LogP contribution in [0.5, 0.6) is 5.75 Å². The minimum absolute atomic E-state index is 0.0638. The molecule has 1 fully saturated rings. The molecule has 6 nitrogen and oxygen atoms in total. The molecule has 1 aliphatic heterocycles. The normalized spacial score (nSPS) is 14.8. The van der Waals surface area contributed by atoms with E-state index in [1.54, 1.807) is 12.3 Å². The second-order valence-corrected chi connectivity index (χ2v) is 7.99. The van der Waals surface area contributed by atoms with Crippen molar-refractivity contribution < 1.29 is 18.3 Å². The Kier molecular flexibility index (Phi) is 6.13. The molecule has 0 saturated carbocycles. The predicted octanol–water partition coefficient (Wildman–Crippen LogP) is 3.85. The first-order chi connectivity index (χ1) is 15.0. The highest BCUT2D eigenvalue weighted by Crippen LogP contribution is 2.22. The van der Waals surface area contributed by atoms with Gasteiger partial charge < -0.3 is 18.6 Å². The maximum absolute atomic E-state index is 13.9. The van der Waals surface area contributed by atoms with Gasteiger partial charge in [-0.3, -0.25) is 9.69 Å². The van der Waals surface area contributed by atoms with E-state index in [0.29, 0.717) is 26.2 Å².